The molecule has 0 aliphatic carbocycles. The van der Waals surface area contributed by atoms with Crippen LogP contribution in [0.25, 0.3) is 0 Å². The van der Waals surface area contributed by atoms with E-state index in [2.05, 4.69) is 12.1 Å². The lowest BCUT2D eigenvalue weighted by Gasteiger charge is -2.15. The Morgan fingerprint density at radius 2 is 1.53 bits per heavy atom. The van der Waals surface area contributed by atoms with E-state index < -0.39 is 8.60 Å². The van der Waals surface area contributed by atoms with Crippen LogP contribution >= 0.6 is 8.60 Å². The molecule has 0 fully saturated rings. The summed E-state index contributed by atoms with van der Waals surface area (Å²) in [5, 5.41) is 0. The van der Waals surface area contributed by atoms with Crippen molar-refractivity contribution in [3.05, 3.63) is 35.4 Å². The highest BCUT2D eigenvalue weighted by atomic mass is 31.2. The number of rotatable bonds is 1. The van der Waals surface area contributed by atoms with Gasteiger partial charge in [-0.25, -0.2) is 0 Å². The van der Waals surface area contributed by atoms with Gasteiger partial charge in [0.05, 0.1) is 12.2 Å². The zero-order valence-electron chi connectivity index (χ0n) is 9.14. The summed E-state index contributed by atoms with van der Waals surface area (Å²) < 4.78 is 16.5. The second kappa shape index (κ2) is 4.58. The average Bonchev–Trinajstić information content (AvgIpc) is 2.38. The minimum Gasteiger partial charge on any atom is -0.316 e. The lowest BCUT2D eigenvalue weighted by atomic mass is 10.00. The third kappa shape index (κ3) is 2.21. The fourth-order valence-corrected chi connectivity index (χ4v) is 2.70. The standard InChI is InChI=1S/C11H15O3P/c1-8-10-6-4-5-7-11(10)9(2)14-15(12-3)13-8/h4-9H,1-3H3/t8-,9+,15?. The fraction of sp³-hybridized carbons (Fsp3) is 0.455. The van der Waals surface area contributed by atoms with Gasteiger partial charge in [-0.1, -0.05) is 24.3 Å². The van der Waals surface area contributed by atoms with Crippen molar-refractivity contribution >= 4 is 8.60 Å². The molecule has 4 heteroatoms. The Labute approximate surface area is 91.4 Å². The van der Waals surface area contributed by atoms with Crippen LogP contribution in [-0.2, 0) is 13.6 Å². The zero-order valence-corrected chi connectivity index (χ0v) is 10.0. The van der Waals surface area contributed by atoms with Crippen molar-refractivity contribution in [1.29, 1.82) is 0 Å². The van der Waals surface area contributed by atoms with E-state index >= 15 is 0 Å². The first-order chi connectivity index (χ1) is 7.22. The van der Waals surface area contributed by atoms with Crippen molar-refractivity contribution in [3.8, 4) is 0 Å². The summed E-state index contributed by atoms with van der Waals surface area (Å²) in [5.74, 6) is 0. The largest absolute Gasteiger partial charge is 0.333 e. The van der Waals surface area contributed by atoms with Gasteiger partial charge in [-0.2, -0.15) is 0 Å². The molecule has 2 rings (SSSR count). The van der Waals surface area contributed by atoms with Crippen LogP contribution in [0.3, 0.4) is 0 Å². The normalized spacial score (nSPS) is 30.7. The summed E-state index contributed by atoms with van der Waals surface area (Å²) >= 11 is 0. The molecule has 1 aromatic rings. The number of benzene rings is 1. The summed E-state index contributed by atoms with van der Waals surface area (Å²) in [6, 6.07) is 8.19. The lowest BCUT2D eigenvalue weighted by molar-refractivity contribution is 0.129. The molecule has 1 unspecified atom stereocenters. The highest BCUT2D eigenvalue weighted by molar-refractivity contribution is 7.41. The molecule has 1 aromatic carbocycles. The Bertz CT molecular complexity index is 311. The van der Waals surface area contributed by atoms with Crippen LogP contribution in [0.2, 0.25) is 0 Å². The molecule has 3 atom stereocenters. The van der Waals surface area contributed by atoms with Crippen molar-refractivity contribution in [1.82, 2.24) is 0 Å². The Hall–Kier alpha value is -0.470. The second-order valence-corrected chi connectivity index (χ2v) is 4.76. The molecule has 0 amide bonds. The smallest absolute Gasteiger partial charge is 0.316 e. The summed E-state index contributed by atoms with van der Waals surface area (Å²) in [5.41, 5.74) is 2.37. The molecule has 0 saturated carbocycles. The van der Waals surface area contributed by atoms with E-state index in [0.717, 1.165) is 0 Å². The monoisotopic (exact) mass is 226 g/mol. The van der Waals surface area contributed by atoms with Gasteiger partial charge >= 0.3 is 8.60 Å². The van der Waals surface area contributed by atoms with E-state index in [-0.39, 0.29) is 12.2 Å². The minimum absolute atomic E-state index is 0.0252. The van der Waals surface area contributed by atoms with Crippen LogP contribution in [0.15, 0.2) is 24.3 Å². The van der Waals surface area contributed by atoms with Crippen molar-refractivity contribution < 1.29 is 13.6 Å². The van der Waals surface area contributed by atoms with Gasteiger partial charge in [0.15, 0.2) is 0 Å². The topological polar surface area (TPSA) is 27.7 Å². The maximum Gasteiger partial charge on any atom is 0.333 e. The lowest BCUT2D eigenvalue weighted by Crippen LogP contribution is -1.98. The van der Waals surface area contributed by atoms with Gasteiger partial charge < -0.3 is 13.6 Å². The summed E-state index contributed by atoms with van der Waals surface area (Å²) in [7, 11) is 0.391. The second-order valence-electron chi connectivity index (χ2n) is 3.53. The molecule has 0 aromatic heterocycles. The molecule has 15 heavy (non-hydrogen) atoms. The number of fused-ring (bicyclic) bond motifs is 1. The molecule has 82 valence electrons. The van der Waals surface area contributed by atoms with E-state index in [1.807, 2.05) is 26.0 Å². The predicted molar refractivity (Wildman–Crippen MR) is 59.4 cm³/mol. The summed E-state index contributed by atoms with van der Waals surface area (Å²) in [4.78, 5) is 0. The Morgan fingerprint density at radius 3 is 1.93 bits per heavy atom. The first-order valence-corrected chi connectivity index (χ1v) is 6.08. The van der Waals surface area contributed by atoms with E-state index in [9.17, 15) is 0 Å². The third-order valence-corrected chi connectivity index (χ3v) is 3.78. The number of hydrogen-bond donors (Lipinski definition) is 0. The highest BCUT2D eigenvalue weighted by Gasteiger charge is 2.27. The summed E-state index contributed by atoms with van der Waals surface area (Å²) in [6.45, 7) is 4.04. The van der Waals surface area contributed by atoms with E-state index in [1.54, 1.807) is 7.11 Å². The fourth-order valence-electron chi connectivity index (χ4n) is 1.73. The molecule has 0 bridgehead atoms. The highest BCUT2D eigenvalue weighted by Crippen LogP contribution is 2.51. The molecule has 1 aliphatic rings. The molecule has 0 N–H and O–H groups in total. The Morgan fingerprint density at radius 1 is 1.07 bits per heavy atom. The van der Waals surface area contributed by atoms with Gasteiger partial charge in [0.2, 0.25) is 0 Å². The molecule has 0 radical (unpaired) electrons. The Balaban J connectivity index is 2.35. The molecule has 1 heterocycles. The van der Waals surface area contributed by atoms with Gasteiger partial charge in [0, 0.05) is 7.11 Å². The molecular weight excluding hydrogens is 211 g/mol. The SMILES string of the molecule is COP1O[C@@H](C)c2ccccc2[C@@H](C)O1. The van der Waals surface area contributed by atoms with Crippen LogP contribution in [0.5, 0.6) is 0 Å². The van der Waals surface area contributed by atoms with Gasteiger partial charge in [0.1, 0.15) is 0 Å². The van der Waals surface area contributed by atoms with E-state index in [4.69, 9.17) is 13.6 Å². The first-order valence-electron chi connectivity index (χ1n) is 4.99. The number of hydrogen-bond acceptors (Lipinski definition) is 3. The maximum absolute atomic E-state index is 5.68. The zero-order chi connectivity index (χ0) is 10.8. The quantitative estimate of drug-likeness (QED) is 0.683. The van der Waals surface area contributed by atoms with Crippen LogP contribution in [0.1, 0.15) is 37.2 Å². The maximum atomic E-state index is 5.68. The van der Waals surface area contributed by atoms with Crippen molar-refractivity contribution in [2.75, 3.05) is 7.11 Å². The average molecular weight is 226 g/mol. The molecule has 0 saturated heterocycles. The predicted octanol–water partition coefficient (Wildman–Crippen LogP) is 3.73. The van der Waals surface area contributed by atoms with Gasteiger partial charge in [-0.15, -0.1) is 0 Å². The van der Waals surface area contributed by atoms with E-state index in [1.165, 1.54) is 11.1 Å². The van der Waals surface area contributed by atoms with E-state index in [0.29, 0.717) is 0 Å². The van der Waals surface area contributed by atoms with Crippen molar-refractivity contribution in [2.24, 2.45) is 0 Å². The van der Waals surface area contributed by atoms with Crippen LogP contribution in [0, 0.1) is 0 Å². The van der Waals surface area contributed by atoms with Crippen LogP contribution in [-0.4, -0.2) is 7.11 Å². The van der Waals surface area contributed by atoms with Crippen LogP contribution in [0.4, 0.5) is 0 Å². The van der Waals surface area contributed by atoms with Crippen LogP contribution < -0.4 is 0 Å². The minimum atomic E-state index is -1.22. The van der Waals surface area contributed by atoms with Crippen molar-refractivity contribution in [3.63, 3.8) is 0 Å². The first kappa shape index (κ1) is 11.0. The Kier molecular flexibility index (Phi) is 3.37. The molecule has 3 nitrogen and oxygen atoms in total. The summed E-state index contributed by atoms with van der Waals surface area (Å²) in [6.07, 6.45) is 0.0504. The van der Waals surface area contributed by atoms with Gasteiger partial charge in [-0.05, 0) is 25.0 Å². The third-order valence-electron chi connectivity index (χ3n) is 2.51. The van der Waals surface area contributed by atoms with Crippen molar-refractivity contribution in [2.45, 2.75) is 26.1 Å². The molecule has 1 aliphatic heterocycles. The molecular formula is C11H15O3P. The van der Waals surface area contributed by atoms with Gasteiger partial charge in [-0.3, -0.25) is 0 Å². The van der Waals surface area contributed by atoms with Gasteiger partial charge in [0.25, 0.3) is 0 Å². The molecule has 0 spiro atoms.